The molecule has 0 bridgehead atoms. The van der Waals surface area contributed by atoms with Crippen molar-refractivity contribution in [2.75, 3.05) is 13.1 Å². The summed E-state index contributed by atoms with van der Waals surface area (Å²) in [5.41, 5.74) is 0. The quantitative estimate of drug-likeness (QED) is 0.655. The van der Waals surface area contributed by atoms with E-state index >= 15 is 0 Å². The summed E-state index contributed by atoms with van der Waals surface area (Å²) in [7, 11) is 0. The van der Waals surface area contributed by atoms with Gasteiger partial charge in [0.2, 0.25) is 0 Å². The Bertz CT molecular complexity index is 252. The van der Waals surface area contributed by atoms with E-state index in [0.29, 0.717) is 19.5 Å². The maximum Gasteiger partial charge on any atom is 0.251 e. The summed E-state index contributed by atoms with van der Waals surface area (Å²) in [6.45, 7) is 0.936. The van der Waals surface area contributed by atoms with Crippen molar-refractivity contribution in [3.63, 3.8) is 0 Å². The number of likely N-dealkylation sites (tertiary alicyclic amines) is 1. The van der Waals surface area contributed by atoms with Gasteiger partial charge in [-0.3, -0.25) is 4.79 Å². The number of nitroso groups, excluding NO2 is 1. The van der Waals surface area contributed by atoms with Gasteiger partial charge in [-0.05, 0) is 25.2 Å². The molecule has 5 heteroatoms. The molecule has 1 aliphatic carbocycles. The predicted molar refractivity (Wildman–Crippen MR) is 49.5 cm³/mol. The largest absolute Gasteiger partial charge is 0.383 e. The average molecular weight is 198 g/mol. The van der Waals surface area contributed by atoms with Crippen molar-refractivity contribution < 1.29 is 9.90 Å². The highest BCUT2D eigenvalue weighted by Gasteiger charge is 2.38. The molecule has 2 fully saturated rings. The zero-order chi connectivity index (χ0) is 10.1. The molecule has 2 aliphatic rings. The Morgan fingerprint density at radius 2 is 2.14 bits per heavy atom. The van der Waals surface area contributed by atoms with Crippen LogP contribution in [-0.4, -0.2) is 41.1 Å². The highest BCUT2D eigenvalue weighted by Crippen LogP contribution is 2.33. The van der Waals surface area contributed by atoms with Crippen molar-refractivity contribution in [3.8, 4) is 0 Å². The molecule has 1 unspecified atom stereocenters. The molecule has 2 rings (SSSR count). The molecule has 1 amide bonds. The minimum atomic E-state index is -0.847. The zero-order valence-electron chi connectivity index (χ0n) is 7.93. The summed E-state index contributed by atoms with van der Waals surface area (Å²) < 4.78 is 0. The molecule has 1 saturated heterocycles. The Balaban J connectivity index is 1.88. The molecule has 0 aromatic heterocycles. The van der Waals surface area contributed by atoms with Gasteiger partial charge in [0.05, 0.1) is 0 Å². The molecule has 14 heavy (non-hydrogen) atoms. The fourth-order valence-electron chi connectivity index (χ4n) is 1.83. The normalized spacial score (nSPS) is 28.9. The topological polar surface area (TPSA) is 70.0 Å². The lowest BCUT2D eigenvalue weighted by Crippen LogP contribution is -2.39. The molecule has 0 spiro atoms. The first kappa shape index (κ1) is 9.58. The van der Waals surface area contributed by atoms with Gasteiger partial charge in [0.15, 0.2) is 0 Å². The number of hydrogen-bond donors (Lipinski definition) is 1. The van der Waals surface area contributed by atoms with Gasteiger partial charge in [-0.25, -0.2) is 0 Å². The first-order valence-corrected chi connectivity index (χ1v) is 5.01. The molecule has 1 saturated carbocycles. The van der Waals surface area contributed by atoms with Gasteiger partial charge < -0.3 is 10.0 Å². The highest BCUT2D eigenvalue weighted by atomic mass is 16.3. The van der Waals surface area contributed by atoms with E-state index in [2.05, 4.69) is 5.18 Å². The second kappa shape index (κ2) is 3.65. The molecule has 78 valence electrons. The second-order valence-electron chi connectivity index (χ2n) is 4.11. The molecule has 0 aromatic carbocycles. The van der Waals surface area contributed by atoms with Gasteiger partial charge in [0.25, 0.3) is 5.91 Å². The lowest BCUT2D eigenvalue weighted by molar-refractivity contribution is -0.140. The smallest absolute Gasteiger partial charge is 0.251 e. The third-order valence-electron chi connectivity index (χ3n) is 2.95. The van der Waals surface area contributed by atoms with E-state index < -0.39 is 6.10 Å². The van der Waals surface area contributed by atoms with Crippen LogP contribution in [0.3, 0.4) is 0 Å². The number of hydrogen-bond acceptors (Lipinski definition) is 4. The van der Waals surface area contributed by atoms with E-state index in [-0.39, 0.29) is 17.9 Å². The Labute approximate surface area is 82.1 Å². The molecule has 0 aromatic rings. The Kier molecular flexibility index (Phi) is 2.50. The van der Waals surface area contributed by atoms with E-state index in [4.69, 9.17) is 0 Å². The lowest BCUT2D eigenvalue weighted by atomic mass is 10.2. The summed E-state index contributed by atoms with van der Waals surface area (Å²) in [6, 6.07) is -0.273. The first-order chi connectivity index (χ1) is 6.72. The first-order valence-electron chi connectivity index (χ1n) is 5.01. The molecule has 1 N–H and O–H groups in total. The summed E-state index contributed by atoms with van der Waals surface area (Å²) in [5, 5.41) is 12.5. The van der Waals surface area contributed by atoms with Crippen LogP contribution in [0.4, 0.5) is 0 Å². The van der Waals surface area contributed by atoms with Crippen molar-refractivity contribution in [3.05, 3.63) is 4.91 Å². The van der Waals surface area contributed by atoms with E-state index in [1.165, 1.54) is 0 Å². The Morgan fingerprint density at radius 1 is 1.43 bits per heavy atom. The average Bonchev–Trinajstić information content (AvgIpc) is 2.94. The maximum absolute atomic E-state index is 11.6. The van der Waals surface area contributed by atoms with Crippen LogP contribution in [0.25, 0.3) is 0 Å². The summed E-state index contributed by atoms with van der Waals surface area (Å²) in [6.07, 6.45) is 1.67. The van der Waals surface area contributed by atoms with Gasteiger partial charge in [-0.1, -0.05) is 5.18 Å². The summed E-state index contributed by atoms with van der Waals surface area (Å²) in [5.74, 6) is -0.0654. The van der Waals surface area contributed by atoms with Gasteiger partial charge in [0.1, 0.15) is 12.1 Å². The molecular formula is C9H14N2O3. The van der Waals surface area contributed by atoms with Gasteiger partial charge >= 0.3 is 0 Å². The molecule has 2 atom stereocenters. The fourth-order valence-corrected chi connectivity index (χ4v) is 1.83. The number of carbonyl (C=O) groups is 1. The molecule has 0 radical (unpaired) electrons. The van der Waals surface area contributed by atoms with Crippen molar-refractivity contribution in [1.82, 2.24) is 4.90 Å². The van der Waals surface area contributed by atoms with Crippen LogP contribution in [0, 0.1) is 10.8 Å². The predicted octanol–water partition coefficient (Wildman–Crippen LogP) is 0.125. The molecular weight excluding hydrogens is 184 g/mol. The van der Waals surface area contributed by atoms with Crippen LogP contribution >= 0.6 is 0 Å². The third-order valence-corrected chi connectivity index (χ3v) is 2.95. The minimum Gasteiger partial charge on any atom is -0.383 e. The molecule has 1 aliphatic heterocycles. The van der Waals surface area contributed by atoms with E-state index in [1.54, 1.807) is 4.90 Å². The van der Waals surface area contributed by atoms with Crippen LogP contribution < -0.4 is 0 Å². The van der Waals surface area contributed by atoms with E-state index in [0.717, 1.165) is 12.8 Å². The van der Waals surface area contributed by atoms with Crippen LogP contribution in [-0.2, 0) is 4.79 Å². The second-order valence-corrected chi connectivity index (χ2v) is 4.11. The van der Waals surface area contributed by atoms with Crippen molar-refractivity contribution in [1.29, 1.82) is 0 Å². The number of nitrogens with zero attached hydrogens (tertiary/aromatic N) is 2. The number of aliphatic hydroxyl groups excluding tert-OH is 1. The summed E-state index contributed by atoms with van der Waals surface area (Å²) in [4.78, 5) is 23.4. The van der Waals surface area contributed by atoms with E-state index in [1.807, 2.05) is 0 Å². The van der Waals surface area contributed by atoms with Gasteiger partial charge in [-0.15, -0.1) is 0 Å². The SMILES string of the molecule is O=N[C@H]1CCN(C(=O)C(O)C2CC2)C1. The maximum atomic E-state index is 11.6. The van der Waals surface area contributed by atoms with E-state index in [9.17, 15) is 14.8 Å². The zero-order valence-corrected chi connectivity index (χ0v) is 7.93. The highest BCUT2D eigenvalue weighted by molar-refractivity contribution is 5.81. The number of rotatable bonds is 3. The van der Waals surface area contributed by atoms with Crippen molar-refractivity contribution >= 4 is 5.91 Å². The summed E-state index contributed by atoms with van der Waals surface area (Å²) >= 11 is 0. The lowest BCUT2D eigenvalue weighted by Gasteiger charge is -2.18. The van der Waals surface area contributed by atoms with Crippen LogP contribution in [0.1, 0.15) is 19.3 Å². The van der Waals surface area contributed by atoms with Gasteiger partial charge in [-0.2, -0.15) is 4.91 Å². The van der Waals surface area contributed by atoms with Gasteiger partial charge in [0, 0.05) is 13.1 Å². The molecule has 5 nitrogen and oxygen atoms in total. The van der Waals surface area contributed by atoms with Crippen molar-refractivity contribution in [2.45, 2.75) is 31.4 Å². The van der Waals surface area contributed by atoms with Crippen LogP contribution in [0.5, 0.6) is 0 Å². The monoisotopic (exact) mass is 198 g/mol. The van der Waals surface area contributed by atoms with Crippen LogP contribution in [0.15, 0.2) is 5.18 Å². The van der Waals surface area contributed by atoms with Crippen LogP contribution in [0.2, 0.25) is 0 Å². The third kappa shape index (κ3) is 1.77. The Hall–Kier alpha value is -0.970. The standard InChI is InChI=1S/C9H14N2O3/c12-8(6-1-2-6)9(13)11-4-3-7(5-11)10-14/h6-8,12H,1-5H2/t7-,8?/m0/s1. The number of carbonyl (C=O) groups excluding carboxylic acids is 1. The minimum absolute atomic E-state index is 0.158. The molecule has 1 heterocycles. The number of aliphatic hydroxyl groups is 1. The number of amides is 1. The fraction of sp³-hybridized carbons (Fsp3) is 0.889. The Morgan fingerprint density at radius 3 is 2.64 bits per heavy atom. The van der Waals surface area contributed by atoms with Crippen molar-refractivity contribution in [2.24, 2.45) is 11.1 Å².